The highest BCUT2D eigenvalue weighted by Gasteiger charge is 2.27. The van der Waals surface area contributed by atoms with E-state index in [0.29, 0.717) is 29.2 Å². The Hall–Kier alpha value is -2.54. The van der Waals surface area contributed by atoms with Gasteiger partial charge in [0, 0.05) is 10.0 Å². The number of carbonyl (C=O) groups excluding carboxylic acids is 1. The molecule has 2 aromatic carbocycles. The summed E-state index contributed by atoms with van der Waals surface area (Å²) in [6.45, 7) is 2.00. The van der Waals surface area contributed by atoms with Crippen LogP contribution in [0.3, 0.4) is 0 Å². The van der Waals surface area contributed by atoms with E-state index in [9.17, 15) is 9.90 Å². The van der Waals surface area contributed by atoms with Gasteiger partial charge in [-0.3, -0.25) is 4.79 Å². The van der Waals surface area contributed by atoms with Gasteiger partial charge in [-0.1, -0.05) is 35.0 Å². The maximum absolute atomic E-state index is 12.3. The van der Waals surface area contributed by atoms with E-state index in [1.807, 2.05) is 19.1 Å². The molecule has 3 rings (SSSR count). The molecule has 0 aromatic heterocycles. The first kappa shape index (κ1) is 17.3. The average Bonchev–Trinajstić information content (AvgIpc) is 2.64. The van der Waals surface area contributed by atoms with Crippen LogP contribution in [0.15, 0.2) is 52.0 Å². The Bertz CT molecular complexity index is 822. The van der Waals surface area contributed by atoms with E-state index in [1.165, 1.54) is 0 Å². The molecule has 1 aliphatic rings. The predicted molar refractivity (Wildman–Crippen MR) is 97.1 cm³/mol. The maximum atomic E-state index is 12.3. The molecule has 0 fully saturated rings. The van der Waals surface area contributed by atoms with E-state index in [-0.39, 0.29) is 12.4 Å². The molecule has 1 aliphatic heterocycles. The smallest absolute Gasteiger partial charge is 0.284 e. The van der Waals surface area contributed by atoms with Crippen molar-refractivity contribution < 1.29 is 19.4 Å². The lowest BCUT2D eigenvalue weighted by atomic mass is 10.1. The highest BCUT2D eigenvalue weighted by atomic mass is 79.9. The number of phenolic OH excluding ortho intramolecular Hbond substituents is 1. The molecule has 130 valence electrons. The lowest BCUT2D eigenvalue weighted by Crippen LogP contribution is -2.42. The Balaban J connectivity index is 1.72. The molecule has 0 aliphatic carbocycles. The van der Waals surface area contributed by atoms with Crippen LogP contribution in [0, 0.1) is 0 Å². The number of fused-ring (bicyclic) bond motifs is 1. The van der Waals surface area contributed by atoms with Crippen LogP contribution in [-0.4, -0.2) is 29.4 Å². The fraction of sp³-hybridized carbons (Fsp3) is 0.222. The zero-order valence-electron chi connectivity index (χ0n) is 13.5. The number of para-hydroxylation sites is 2. The third-order valence-corrected chi connectivity index (χ3v) is 4.20. The van der Waals surface area contributed by atoms with E-state index in [0.717, 1.165) is 4.47 Å². The largest absolute Gasteiger partial charge is 0.507 e. The number of phenols is 1. The topological polar surface area (TPSA) is 80.2 Å². The van der Waals surface area contributed by atoms with Gasteiger partial charge in [0.05, 0.1) is 5.71 Å². The molecule has 6 nitrogen and oxygen atoms in total. The number of benzene rings is 2. The number of nitrogens with zero attached hydrogens (tertiary/aromatic N) is 1. The van der Waals surface area contributed by atoms with Crippen LogP contribution in [0.25, 0.3) is 0 Å². The van der Waals surface area contributed by atoms with Gasteiger partial charge in [-0.05, 0) is 36.8 Å². The average molecular weight is 405 g/mol. The van der Waals surface area contributed by atoms with Crippen molar-refractivity contribution in [3.63, 3.8) is 0 Å². The van der Waals surface area contributed by atoms with Crippen LogP contribution in [0.2, 0.25) is 0 Å². The monoisotopic (exact) mass is 404 g/mol. The Labute approximate surface area is 153 Å². The summed E-state index contributed by atoms with van der Waals surface area (Å²) < 4.78 is 12.0. The molecule has 25 heavy (non-hydrogen) atoms. The van der Waals surface area contributed by atoms with Gasteiger partial charge in [-0.15, -0.1) is 0 Å². The minimum Gasteiger partial charge on any atom is -0.507 e. The molecule has 0 saturated heterocycles. The lowest BCUT2D eigenvalue weighted by Gasteiger charge is -2.24. The second kappa shape index (κ2) is 7.57. The number of rotatable bonds is 4. The van der Waals surface area contributed by atoms with E-state index < -0.39 is 12.0 Å². The van der Waals surface area contributed by atoms with Crippen LogP contribution >= 0.6 is 15.9 Å². The number of hydrogen-bond acceptors (Lipinski definition) is 5. The third kappa shape index (κ3) is 3.93. The van der Waals surface area contributed by atoms with Crippen LogP contribution in [-0.2, 0) is 4.79 Å². The molecule has 0 spiro atoms. The van der Waals surface area contributed by atoms with E-state index in [2.05, 4.69) is 26.5 Å². The molecular weight excluding hydrogens is 388 g/mol. The van der Waals surface area contributed by atoms with Crippen molar-refractivity contribution in [3.05, 3.63) is 52.5 Å². The minimum absolute atomic E-state index is 0.101. The van der Waals surface area contributed by atoms with Gasteiger partial charge in [-0.25, -0.2) is 5.43 Å². The zero-order chi connectivity index (χ0) is 17.8. The van der Waals surface area contributed by atoms with Crippen molar-refractivity contribution in [1.29, 1.82) is 0 Å². The molecule has 1 amide bonds. The second-order valence-corrected chi connectivity index (χ2v) is 6.33. The molecule has 1 heterocycles. The van der Waals surface area contributed by atoms with E-state index in [1.54, 1.807) is 30.3 Å². The quantitative estimate of drug-likeness (QED) is 0.605. The number of amides is 1. The van der Waals surface area contributed by atoms with Gasteiger partial charge < -0.3 is 14.6 Å². The van der Waals surface area contributed by atoms with Crippen LogP contribution in [0.1, 0.15) is 18.9 Å². The second-order valence-electron chi connectivity index (χ2n) is 5.41. The summed E-state index contributed by atoms with van der Waals surface area (Å²) >= 11 is 3.36. The zero-order valence-corrected chi connectivity index (χ0v) is 15.1. The summed E-state index contributed by atoms with van der Waals surface area (Å²) in [5.41, 5.74) is 3.62. The number of halogens is 1. The van der Waals surface area contributed by atoms with Crippen molar-refractivity contribution in [2.45, 2.75) is 19.4 Å². The van der Waals surface area contributed by atoms with E-state index in [4.69, 9.17) is 9.47 Å². The number of carbonyl (C=O) groups is 1. The summed E-state index contributed by atoms with van der Waals surface area (Å²) in [6.07, 6.45) is -0.248. The van der Waals surface area contributed by atoms with Crippen molar-refractivity contribution >= 4 is 27.5 Å². The van der Waals surface area contributed by atoms with Gasteiger partial charge in [0.25, 0.3) is 5.91 Å². The maximum Gasteiger partial charge on any atom is 0.284 e. The SMILES string of the molecule is CC/C(=N\NC(=O)[C@@H]1COc2ccccc2O1)c1cc(Br)ccc1O. The van der Waals surface area contributed by atoms with Gasteiger partial charge in [-0.2, -0.15) is 5.10 Å². The van der Waals surface area contributed by atoms with Gasteiger partial charge in [0.2, 0.25) is 6.10 Å². The van der Waals surface area contributed by atoms with Crippen LogP contribution < -0.4 is 14.9 Å². The predicted octanol–water partition coefficient (Wildman–Crippen LogP) is 3.23. The Morgan fingerprint density at radius 1 is 1.32 bits per heavy atom. The van der Waals surface area contributed by atoms with Crippen LogP contribution in [0.5, 0.6) is 17.2 Å². The summed E-state index contributed by atoms with van der Waals surface area (Å²) in [6, 6.07) is 12.2. The lowest BCUT2D eigenvalue weighted by molar-refractivity contribution is -0.130. The number of nitrogens with one attached hydrogen (secondary N) is 1. The summed E-state index contributed by atoms with van der Waals surface area (Å²) in [4.78, 5) is 12.3. The van der Waals surface area contributed by atoms with Crippen molar-refractivity contribution in [2.24, 2.45) is 5.10 Å². The van der Waals surface area contributed by atoms with Crippen LogP contribution in [0.4, 0.5) is 0 Å². The fourth-order valence-electron chi connectivity index (χ4n) is 2.41. The van der Waals surface area contributed by atoms with E-state index >= 15 is 0 Å². The summed E-state index contributed by atoms with van der Waals surface area (Å²) in [7, 11) is 0. The molecule has 7 heteroatoms. The molecule has 0 unspecified atom stereocenters. The molecule has 1 atom stereocenters. The summed E-state index contributed by atoms with van der Waals surface area (Å²) in [5, 5.41) is 14.1. The number of ether oxygens (including phenoxy) is 2. The molecule has 0 saturated carbocycles. The number of hydrazone groups is 1. The van der Waals surface area contributed by atoms with Gasteiger partial charge in [0.15, 0.2) is 11.5 Å². The van der Waals surface area contributed by atoms with Crippen molar-refractivity contribution in [2.75, 3.05) is 6.61 Å². The summed E-state index contributed by atoms with van der Waals surface area (Å²) in [5.74, 6) is 0.834. The number of hydrogen-bond donors (Lipinski definition) is 2. The number of aromatic hydroxyl groups is 1. The molecular formula is C18H17BrN2O4. The fourth-order valence-corrected chi connectivity index (χ4v) is 2.77. The highest BCUT2D eigenvalue weighted by Crippen LogP contribution is 2.30. The van der Waals surface area contributed by atoms with Crippen molar-refractivity contribution in [3.8, 4) is 17.2 Å². The van der Waals surface area contributed by atoms with Gasteiger partial charge >= 0.3 is 0 Å². The Morgan fingerprint density at radius 3 is 2.84 bits per heavy atom. The van der Waals surface area contributed by atoms with Gasteiger partial charge in [0.1, 0.15) is 12.4 Å². The normalized spacial score (nSPS) is 16.4. The first-order valence-electron chi connectivity index (χ1n) is 7.82. The first-order valence-corrected chi connectivity index (χ1v) is 8.61. The molecule has 2 N–H and O–H groups in total. The molecule has 0 bridgehead atoms. The standard InChI is InChI=1S/C18H17BrN2O4/c1-2-13(12-9-11(19)7-8-14(12)22)20-21-18(23)17-10-24-15-5-3-4-6-16(15)25-17/h3-9,17,22H,2,10H2,1H3,(H,21,23)/b20-13+/t17-/m0/s1. The third-order valence-electron chi connectivity index (χ3n) is 3.71. The first-order chi connectivity index (χ1) is 12.1. The Morgan fingerprint density at radius 2 is 2.08 bits per heavy atom. The molecule has 0 radical (unpaired) electrons. The highest BCUT2D eigenvalue weighted by molar-refractivity contribution is 9.10. The minimum atomic E-state index is -0.784. The van der Waals surface area contributed by atoms with Crippen molar-refractivity contribution in [1.82, 2.24) is 5.43 Å². The molecule has 2 aromatic rings. The Kier molecular flexibility index (Phi) is 5.23.